The number of nitrogens with zero attached hydrogens (tertiary/aromatic N) is 4. The van der Waals surface area contributed by atoms with Gasteiger partial charge in [0.25, 0.3) is 5.91 Å². The van der Waals surface area contributed by atoms with Crippen LogP contribution >= 0.6 is 11.6 Å². The molecule has 3 aromatic rings. The number of halogens is 2. The lowest BCUT2D eigenvalue weighted by Crippen LogP contribution is -2.50. The third kappa shape index (κ3) is 6.40. The summed E-state index contributed by atoms with van der Waals surface area (Å²) in [5, 5.41) is 1.01. The van der Waals surface area contributed by atoms with Gasteiger partial charge in [0.15, 0.2) is 5.82 Å². The second-order valence-corrected chi connectivity index (χ2v) is 12.9. The van der Waals surface area contributed by atoms with Gasteiger partial charge in [0, 0.05) is 82.5 Å². The number of carbonyl (C=O) groups excluding carboxylic acids is 3. The molecule has 0 saturated carbocycles. The minimum atomic E-state index is -0.552. The van der Waals surface area contributed by atoms with Gasteiger partial charge in [0.2, 0.25) is 5.91 Å². The summed E-state index contributed by atoms with van der Waals surface area (Å²) in [5.41, 5.74) is 3.27. The van der Waals surface area contributed by atoms with Crippen molar-refractivity contribution in [3.05, 3.63) is 58.5 Å². The fourth-order valence-corrected chi connectivity index (χ4v) is 5.95. The molecule has 44 heavy (non-hydrogen) atoms. The van der Waals surface area contributed by atoms with Crippen molar-refractivity contribution < 1.29 is 23.5 Å². The maximum atomic E-state index is 16.2. The molecule has 0 spiro atoms. The highest BCUT2D eigenvalue weighted by Gasteiger charge is 2.28. The van der Waals surface area contributed by atoms with Gasteiger partial charge in [0.05, 0.1) is 10.5 Å². The van der Waals surface area contributed by atoms with Gasteiger partial charge in [-0.05, 0) is 62.6 Å². The number of anilines is 1. The highest BCUT2D eigenvalue weighted by molar-refractivity contribution is 6.34. The van der Waals surface area contributed by atoms with Crippen LogP contribution in [0.2, 0.25) is 5.02 Å². The molecule has 5 rings (SSSR count). The smallest absolute Gasteiger partial charge is 0.410 e. The zero-order valence-electron chi connectivity index (χ0n) is 26.1. The quantitative estimate of drug-likeness (QED) is 0.384. The van der Waals surface area contributed by atoms with Gasteiger partial charge in [-0.3, -0.25) is 9.59 Å². The van der Waals surface area contributed by atoms with Crippen LogP contribution < -0.4 is 4.90 Å². The fraction of sp³-hybridized carbons (Fsp3) is 0.424. The largest absolute Gasteiger partial charge is 0.444 e. The summed E-state index contributed by atoms with van der Waals surface area (Å²) < 4.78 is 21.7. The zero-order chi connectivity index (χ0) is 31.9. The van der Waals surface area contributed by atoms with Gasteiger partial charge < -0.3 is 29.3 Å². The number of H-pyrrole nitrogens is 1. The van der Waals surface area contributed by atoms with E-state index in [-0.39, 0.29) is 29.1 Å². The average Bonchev–Trinajstić information content (AvgIpc) is 3.42. The zero-order valence-corrected chi connectivity index (χ0v) is 26.8. The highest BCUT2D eigenvalue weighted by atomic mass is 35.5. The number of hydrogen-bond acceptors (Lipinski definition) is 5. The van der Waals surface area contributed by atoms with Crippen molar-refractivity contribution in [3.63, 3.8) is 0 Å². The maximum absolute atomic E-state index is 16.2. The van der Waals surface area contributed by atoms with Crippen LogP contribution in [0.25, 0.3) is 27.6 Å². The van der Waals surface area contributed by atoms with Crippen molar-refractivity contribution >= 4 is 51.7 Å². The third-order valence-electron chi connectivity index (χ3n) is 7.97. The number of fused-ring (bicyclic) bond motifs is 1. The van der Waals surface area contributed by atoms with E-state index in [1.807, 2.05) is 45.0 Å². The van der Waals surface area contributed by atoms with Crippen molar-refractivity contribution in [2.45, 2.75) is 39.7 Å². The van der Waals surface area contributed by atoms with Crippen LogP contribution in [0.3, 0.4) is 0 Å². The number of benzene rings is 2. The summed E-state index contributed by atoms with van der Waals surface area (Å²) in [6.45, 7) is 10.2. The predicted octanol–water partition coefficient (Wildman–Crippen LogP) is 6.02. The molecule has 0 bridgehead atoms. The Hall–Kier alpha value is -4.05. The number of ether oxygens (including phenoxy) is 1. The minimum Gasteiger partial charge on any atom is -0.444 e. The summed E-state index contributed by atoms with van der Waals surface area (Å²) in [6, 6.07) is 9.19. The average molecular weight is 624 g/mol. The van der Waals surface area contributed by atoms with E-state index >= 15 is 4.39 Å². The van der Waals surface area contributed by atoms with E-state index in [2.05, 4.69) is 9.88 Å². The van der Waals surface area contributed by atoms with Gasteiger partial charge in [-0.1, -0.05) is 23.7 Å². The van der Waals surface area contributed by atoms with Crippen LogP contribution in [0.1, 0.15) is 50.2 Å². The van der Waals surface area contributed by atoms with Gasteiger partial charge in [-0.25, -0.2) is 9.18 Å². The number of amides is 3. The molecule has 9 nitrogen and oxygen atoms in total. The Bertz CT molecular complexity index is 1650. The van der Waals surface area contributed by atoms with Crippen LogP contribution in [-0.4, -0.2) is 96.6 Å². The second kappa shape index (κ2) is 12.1. The Labute approximate surface area is 262 Å². The van der Waals surface area contributed by atoms with Crippen molar-refractivity contribution in [2.75, 3.05) is 58.3 Å². The molecule has 1 fully saturated rings. The molecule has 1 aromatic heterocycles. The predicted molar refractivity (Wildman–Crippen MR) is 172 cm³/mol. The molecule has 3 amide bonds. The lowest BCUT2D eigenvalue weighted by molar-refractivity contribution is -0.128. The summed E-state index contributed by atoms with van der Waals surface area (Å²) in [5.74, 6) is -0.824. The number of rotatable bonds is 4. The van der Waals surface area contributed by atoms with Crippen molar-refractivity contribution in [3.8, 4) is 11.1 Å². The number of aromatic nitrogens is 1. The van der Waals surface area contributed by atoms with E-state index in [4.69, 9.17) is 16.3 Å². The molecule has 1 N–H and O–H groups in total. The molecule has 0 atom stereocenters. The molecule has 0 aliphatic carbocycles. The molecule has 234 valence electrons. The van der Waals surface area contributed by atoms with Crippen LogP contribution in [0, 0.1) is 5.82 Å². The molecule has 2 aromatic carbocycles. The lowest BCUT2D eigenvalue weighted by atomic mass is 9.93. The Morgan fingerprint density at radius 1 is 0.955 bits per heavy atom. The summed E-state index contributed by atoms with van der Waals surface area (Å²) in [7, 11) is 3.28. The third-order valence-corrected chi connectivity index (χ3v) is 8.28. The van der Waals surface area contributed by atoms with E-state index < -0.39 is 11.4 Å². The van der Waals surface area contributed by atoms with Crippen LogP contribution in [0.4, 0.5) is 14.9 Å². The van der Waals surface area contributed by atoms with E-state index in [0.29, 0.717) is 78.4 Å². The summed E-state index contributed by atoms with van der Waals surface area (Å²) in [4.78, 5) is 47.5. The lowest BCUT2D eigenvalue weighted by Gasteiger charge is -2.37. The minimum absolute atomic E-state index is 0.0680. The van der Waals surface area contributed by atoms with Gasteiger partial charge in [-0.2, -0.15) is 0 Å². The SMILES string of the molecule is CC(=O)N1CCC=C(c2cc(-c3ccc(N4CCN(C(=O)OC(C)(C)C)CC4)cc3Cl)c3cc(C(=O)N(C)C)[nH]c3c2F)C1. The molecule has 0 unspecified atom stereocenters. The number of carbonyl (C=O) groups is 3. The van der Waals surface area contributed by atoms with Crippen molar-refractivity contribution in [2.24, 2.45) is 0 Å². The summed E-state index contributed by atoms with van der Waals surface area (Å²) in [6.07, 6.45) is 2.26. The Morgan fingerprint density at radius 3 is 2.27 bits per heavy atom. The van der Waals surface area contributed by atoms with E-state index in [9.17, 15) is 14.4 Å². The molecule has 11 heteroatoms. The molecular formula is C33H39ClFN5O4. The Kier molecular flexibility index (Phi) is 8.66. The topological polar surface area (TPSA) is 89.2 Å². The fourth-order valence-electron chi connectivity index (χ4n) is 5.67. The molecule has 0 radical (unpaired) electrons. The van der Waals surface area contributed by atoms with Crippen LogP contribution in [0.5, 0.6) is 0 Å². The molecule has 2 aliphatic rings. The Balaban J connectivity index is 1.50. The first kappa shape index (κ1) is 31.4. The van der Waals surface area contributed by atoms with Crippen molar-refractivity contribution in [1.82, 2.24) is 19.7 Å². The number of nitrogens with one attached hydrogen (secondary N) is 1. The first-order valence-corrected chi connectivity index (χ1v) is 15.2. The highest BCUT2D eigenvalue weighted by Crippen LogP contribution is 2.40. The number of aromatic amines is 1. The van der Waals surface area contributed by atoms with Crippen molar-refractivity contribution in [1.29, 1.82) is 0 Å². The molecule has 1 saturated heterocycles. The van der Waals surface area contributed by atoms with E-state index in [1.54, 1.807) is 36.0 Å². The monoisotopic (exact) mass is 623 g/mol. The van der Waals surface area contributed by atoms with Gasteiger partial charge in [0.1, 0.15) is 11.3 Å². The Morgan fingerprint density at radius 2 is 1.66 bits per heavy atom. The first-order valence-electron chi connectivity index (χ1n) is 14.8. The molecule has 2 aliphatic heterocycles. The maximum Gasteiger partial charge on any atom is 0.410 e. The normalized spacial score (nSPS) is 15.8. The van der Waals surface area contributed by atoms with E-state index in [1.165, 1.54) is 11.8 Å². The second-order valence-electron chi connectivity index (χ2n) is 12.5. The van der Waals surface area contributed by atoms with E-state index in [0.717, 1.165) is 5.69 Å². The van der Waals surface area contributed by atoms with Crippen LogP contribution in [-0.2, 0) is 9.53 Å². The molecular weight excluding hydrogens is 585 g/mol. The summed E-state index contributed by atoms with van der Waals surface area (Å²) >= 11 is 6.94. The number of hydrogen-bond donors (Lipinski definition) is 1. The van der Waals surface area contributed by atoms with Gasteiger partial charge in [-0.15, -0.1) is 0 Å². The standard InChI is InChI=1S/C33H39ClFN5O4/c1-20(41)40-11-7-8-21(19-40)24-17-25(26-18-28(31(42)37(5)6)36-30(26)29(24)35)23-10-9-22(16-27(23)34)38-12-14-39(15-13-38)32(43)44-33(2,3)4/h8-10,16-18,36H,7,11-15,19H2,1-6H3. The van der Waals surface area contributed by atoms with Crippen LogP contribution in [0.15, 0.2) is 36.4 Å². The molecule has 3 heterocycles. The number of piperazine rings is 1. The first-order chi connectivity index (χ1) is 20.7. The van der Waals surface area contributed by atoms with Gasteiger partial charge >= 0.3 is 6.09 Å².